The molecule has 2 rings (SSSR count). The van der Waals surface area contributed by atoms with Gasteiger partial charge in [0.25, 0.3) is 0 Å². The number of hydrogen-bond acceptors (Lipinski definition) is 4. The van der Waals surface area contributed by atoms with Gasteiger partial charge in [0.1, 0.15) is 0 Å². The van der Waals surface area contributed by atoms with Gasteiger partial charge in [-0.25, -0.2) is 0 Å². The molecule has 0 aliphatic carbocycles. The van der Waals surface area contributed by atoms with Crippen LogP contribution in [0, 0.1) is 0 Å². The van der Waals surface area contributed by atoms with Gasteiger partial charge in [-0.05, 0) is 33.5 Å². The van der Waals surface area contributed by atoms with Crippen molar-refractivity contribution in [2.45, 2.75) is 18.9 Å². The number of carbonyl (C=O) groups is 1. The third-order valence-corrected chi connectivity index (χ3v) is 4.03. The van der Waals surface area contributed by atoms with Crippen LogP contribution in [0.25, 0.3) is 0 Å². The van der Waals surface area contributed by atoms with Crippen LogP contribution in [0.2, 0.25) is 0 Å². The molecule has 2 aliphatic rings. The number of likely N-dealkylation sites (N-methyl/N-ethyl adjacent to an activating group) is 1. The van der Waals surface area contributed by atoms with E-state index in [0.29, 0.717) is 18.5 Å². The summed E-state index contributed by atoms with van der Waals surface area (Å²) in [5, 5.41) is 3.33. The van der Waals surface area contributed by atoms with Gasteiger partial charge in [0, 0.05) is 38.8 Å². The average molecular weight is 254 g/mol. The summed E-state index contributed by atoms with van der Waals surface area (Å²) in [6, 6.07) is 0.614. The van der Waals surface area contributed by atoms with Crippen molar-refractivity contribution in [2.75, 3.05) is 59.9 Å². The molecule has 0 spiro atoms. The highest BCUT2D eigenvalue weighted by Crippen LogP contribution is 2.13. The molecule has 1 atom stereocenters. The van der Waals surface area contributed by atoms with E-state index in [1.54, 1.807) is 0 Å². The molecule has 5 nitrogen and oxygen atoms in total. The Hall–Kier alpha value is -0.650. The van der Waals surface area contributed by atoms with E-state index in [1.807, 2.05) is 4.90 Å². The summed E-state index contributed by atoms with van der Waals surface area (Å²) in [4.78, 5) is 18.8. The first-order chi connectivity index (χ1) is 8.66. The summed E-state index contributed by atoms with van der Waals surface area (Å²) in [6.45, 7) is 6.44. The molecule has 18 heavy (non-hydrogen) atoms. The van der Waals surface area contributed by atoms with Gasteiger partial charge in [-0.15, -0.1) is 0 Å². The second-order valence-electron chi connectivity index (χ2n) is 5.63. The summed E-state index contributed by atoms with van der Waals surface area (Å²) in [7, 11) is 4.24. The maximum Gasteiger partial charge on any atom is 0.236 e. The molecule has 2 aliphatic heterocycles. The SMILES string of the molecule is CN(C)C1CCN(CC(=O)N2CCCNCC2)C1. The lowest BCUT2D eigenvalue weighted by atomic mass is 10.2. The standard InChI is InChI=1S/C13H26N4O/c1-15(2)12-4-8-16(10-12)11-13(18)17-7-3-5-14-6-9-17/h12,14H,3-11H2,1-2H3. The molecule has 2 saturated heterocycles. The summed E-state index contributed by atoms with van der Waals surface area (Å²) < 4.78 is 0. The highest BCUT2D eigenvalue weighted by Gasteiger charge is 2.26. The molecule has 1 N–H and O–H groups in total. The Bertz CT molecular complexity index is 274. The summed E-state index contributed by atoms with van der Waals surface area (Å²) in [6.07, 6.45) is 2.26. The predicted octanol–water partition coefficient (Wildman–Crippen LogP) is -0.556. The smallest absolute Gasteiger partial charge is 0.236 e. The molecule has 2 fully saturated rings. The zero-order chi connectivity index (χ0) is 13.0. The number of rotatable bonds is 3. The number of likely N-dealkylation sites (tertiary alicyclic amines) is 1. The minimum Gasteiger partial charge on any atom is -0.340 e. The second kappa shape index (κ2) is 6.50. The minimum atomic E-state index is 0.304. The molecule has 1 amide bonds. The number of hydrogen-bond donors (Lipinski definition) is 1. The van der Waals surface area contributed by atoms with E-state index in [4.69, 9.17) is 0 Å². The number of nitrogens with one attached hydrogen (secondary N) is 1. The second-order valence-corrected chi connectivity index (χ2v) is 5.63. The third kappa shape index (κ3) is 3.67. The molecule has 1 unspecified atom stereocenters. The molecule has 0 aromatic rings. The first-order valence-electron chi connectivity index (χ1n) is 7.04. The molecule has 0 aromatic carbocycles. The predicted molar refractivity (Wildman–Crippen MR) is 72.6 cm³/mol. The first-order valence-corrected chi connectivity index (χ1v) is 7.04. The quantitative estimate of drug-likeness (QED) is 0.733. The maximum absolute atomic E-state index is 12.2. The highest BCUT2D eigenvalue weighted by atomic mass is 16.2. The Morgan fingerprint density at radius 2 is 2.11 bits per heavy atom. The minimum absolute atomic E-state index is 0.304. The fraction of sp³-hybridized carbons (Fsp3) is 0.923. The van der Waals surface area contributed by atoms with E-state index in [9.17, 15) is 4.79 Å². The topological polar surface area (TPSA) is 38.8 Å². The van der Waals surface area contributed by atoms with Crippen LogP contribution in [0.3, 0.4) is 0 Å². The van der Waals surface area contributed by atoms with Crippen LogP contribution in [-0.2, 0) is 4.79 Å². The molecule has 0 bridgehead atoms. The molecule has 0 radical (unpaired) electrons. The lowest BCUT2D eigenvalue weighted by Gasteiger charge is -2.24. The first kappa shape index (κ1) is 13.8. The van der Waals surface area contributed by atoms with Crippen molar-refractivity contribution in [1.82, 2.24) is 20.0 Å². The largest absolute Gasteiger partial charge is 0.340 e. The Morgan fingerprint density at radius 3 is 2.83 bits per heavy atom. The fourth-order valence-corrected chi connectivity index (χ4v) is 2.76. The number of amides is 1. The van der Waals surface area contributed by atoms with Gasteiger partial charge in [-0.1, -0.05) is 0 Å². The van der Waals surface area contributed by atoms with Gasteiger partial charge < -0.3 is 15.1 Å². The summed E-state index contributed by atoms with van der Waals surface area (Å²) in [5.41, 5.74) is 0. The van der Waals surface area contributed by atoms with Crippen molar-refractivity contribution in [3.63, 3.8) is 0 Å². The summed E-state index contributed by atoms with van der Waals surface area (Å²) in [5.74, 6) is 0.304. The van der Waals surface area contributed by atoms with Crippen LogP contribution in [0.1, 0.15) is 12.8 Å². The molecular formula is C13H26N4O. The molecule has 104 valence electrons. The van der Waals surface area contributed by atoms with Gasteiger partial charge >= 0.3 is 0 Å². The van der Waals surface area contributed by atoms with Crippen LogP contribution >= 0.6 is 0 Å². The van der Waals surface area contributed by atoms with Crippen LogP contribution in [0.4, 0.5) is 0 Å². The van der Waals surface area contributed by atoms with Gasteiger partial charge in [0.05, 0.1) is 6.54 Å². The van der Waals surface area contributed by atoms with E-state index in [0.717, 1.165) is 45.7 Å². The number of nitrogens with zero attached hydrogens (tertiary/aromatic N) is 3. The highest BCUT2D eigenvalue weighted by molar-refractivity contribution is 5.78. The van der Waals surface area contributed by atoms with Gasteiger partial charge in [0.2, 0.25) is 5.91 Å². The van der Waals surface area contributed by atoms with Crippen LogP contribution in [-0.4, -0.2) is 86.6 Å². The zero-order valence-corrected chi connectivity index (χ0v) is 11.7. The average Bonchev–Trinajstić information content (AvgIpc) is 2.64. The monoisotopic (exact) mass is 254 g/mol. The Labute approximate surface area is 110 Å². The fourth-order valence-electron chi connectivity index (χ4n) is 2.76. The zero-order valence-electron chi connectivity index (χ0n) is 11.7. The third-order valence-electron chi connectivity index (χ3n) is 4.03. The van der Waals surface area contributed by atoms with Crippen molar-refractivity contribution in [3.8, 4) is 0 Å². The molecular weight excluding hydrogens is 228 g/mol. The Kier molecular flexibility index (Phi) is 4.97. The number of carbonyl (C=O) groups excluding carboxylic acids is 1. The molecule has 2 heterocycles. The van der Waals surface area contributed by atoms with Crippen molar-refractivity contribution in [3.05, 3.63) is 0 Å². The van der Waals surface area contributed by atoms with Gasteiger partial charge in [-0.2, -0.15) is 0 Å². The lowest BCUT2D eigenvalue weighted by molar-refractivity contribution is -0.132. The van der Waals surface area contributed by atoms with Crippen LogP contribution in [0.5, 0.6) is 0 Å². The lowest BCUT2D eigenvalue weighted by Crippen LogP contribution is -2.42. The van der Waals surface area contributed by atoms with E-state index in [1.165, 1.54) is 6.42 Å². The van der Waals surface area contributed by atoms with Crippen molar-refractivity contribution < 1.29 is 4.79 Å². The molecule has 0 aromatic heterocycles. The Balaban J connectivity index is 1.77. The van der Waals surface area contributed by atoms with Gasteiger partial charge in [-0.3, -0.25) is 9.69 Å². The van der Waals surface area contributed by atoms with E-state index in [2.05, 4.69) is 29.2 Å². The molecule has 5 heteroatoms. The van der Waals surface area contributed by atoms with E-state index in [-0.39, 0.29) is 0 Å². The maximum atomic E-state index is 12.2. The van der Waals surface area contributed by atoms with Crippen molar-refractivity contribution >= 4 is 5.91 Å². The van der Waals surface area contributed by atoms with E-state index >= 15 is 0 Å². The van der Waals surface area contributed by atoms with Crippen molar-refractivity contribution in [1.29, 1.82) is 0 Å². The van der Waals surface area contributed by atoms with Gasteiger partial charge in [0.15, 0.2) is 0 Å². The normalized spacial score (nSPS) is 26.6. The summed E-state index contributed by atoms with van der Waals surface area (Å²) >= 11 is 0. The Morgan fingerprint density at radius 1 is 1.28 bits per heavy atom. The van der Waals surface area contributed by atoms with E-state index < -0.39 is 0 Å². The van der Waals surface area contributed by atoms with Crippen LogP contribution in [0.15, 0.2) is 0 Å². The van der Waals surface area contributed by atoms with Crippen molar-refractivity contribution in [2.24, 2.45) is 0 Å². The van der Waals surface area contributed by atoms with Crippen LogP contribution < -0.4 is 5.32 Å². The molecule has 0 saturated carbocycles.